The van der Waals surface area contributed by atoms with Crippen molar-refractivity contribution in [3.63, 3.8) is 0 Å². The van der Waals surface area contributed by atoms with Gasteiger partial charge in [0, 0.05) is 5.02 Å². The van der Waals surface area contributed by atoms with Gasteiger partial charge in [0.15, 0.2) is 0 Å². The van der Waals surface area contributed by atoms with Crippen molar-refractivity contribution in [3.05, 3.63) is 52.5 Å². The zero-order valence-electron chi connectivity index (χ0n) is 9.06. The quantitative estimate of drug-likeness (QED) is 0.601. The summed E-state index contributed by atoms with van der Waals surface area (Å²) in [4.78, 5) is 13.6. The number of nitrogens with zero attached hydrogens (tertiary/aromatic N) is 1. The Balaban J connectivity index is 2.24. The Morgan fingerprint density at radius 3 is 2.39 bits per heavy atom. The molecule has 0 aliphatic rings. The van der Waals surface area contributed by atoms with E-state index < -0.39 is 0 Å². The number of benzene rings is 2. The van der Waals surface area contributed by atoms with E-state index in [4.69, 9.17) is 27.9 Å². The number of ether oxygens (including phenoxy) is 1. The highest BCUT2D eigenvalue weighted by Gasteiger charge is 2.04. The van der Waals surface area contributed by atoms with Crippen molar-refractivity contribution >= 4 is 35.0 Å². The van der Waals surface area contributed by atoms with Crippen LogP contribution in [0.15, 0.2) is 47.5 Å². The molecule has 5 heteroatoms. The summed E-state index contributed by atoms with van der Waals surface area (Å²) in [5, 5.41) is 0.991. The SMILES string of the molecule is O=C=Nc1ccc(Oc2ccc(Cl)cc2)c(Cl)c1. The standard InChI is InChI=1S/C13H7Cl2NO2/c14-9-1-4-11(5-2-9)18-13-6-3-10(16-8-17)7-12(13)15/h1-7H. The third-order valence-corrected chi connectivity index (χ3v) is 2.68. The van der Waals surface area contributed by atoms with E-state index in [1.165, 1.54) is 12.1 Å². The predicted octanol–water partition coefficient (Wildman–Crippen LogP) is 4.75. The van der Waals surface area contributed by atoms with Gasteiger partial charge in [0.05, 0.1) is 10.7 Å². The first kappa shape index (κ1) is 12.7. The Morgan fingerprint density at radius 2 is 1.78 bits per heavy atom. The van der Waals surface area contributed by atoms with Gasteiger partial charge < -0.3 is 4.74 Å². The van der Waals surface area contributed by atoms with E-state index in [1.54, 1.807) is 36.4 Å². The lowest BCUT2D eigenvalue weighted by Crippen LogP contribution is -1.84. The monoisotopic (exact) mass is 279 g/mol. The summed E-state index contributed by atoms with van der Waals surface area (Å²) in [6.45, 7) is 0. The van der Waals surface area contributed by atoms with Crippen LogP contribution >= 0.6 is 23.2 Å². The predicted molar refractivity (Wildman–Crippen MR) is 70.8 cm³/mol. The van der Waals surface area contributed by atoms with Crippen LogP contribution in [0.4, 0.5) is 5.69 Å². The molecule has 0 saturated heterocycles. The van der Waals surface area contributed by atoms with Crippen molar-refractivity contribution in [2.24, 2.45) is 4.99 Å². The van der Waals surface area contributed by atoms with Gasteiger partial charge in [-0.05, 0) is 42.5 Å². The molecule has 0 aromatic heterocycles. The normalized spacial score (nSPS) is 9.67. The molecule has 0 atom stereocenters. The fraction of sp³-hybridized carbons (Fsp3) is 0. The summed E-state index contributed by atoms with van der Waals surface area (Å²) >= 11 is 11.8. The average Bonchev–Trinajstić information content (AvgIpc) is 2.36. The van der Waals surface area contributed by atoms with Gasteiger partial charge in [0.1, 0.15) is 11.5 Å². The summed E-state index contributed by atoms with van der Waals surface area (Å²) in [5.74, 6) is 1.09. The number of hydrogen-bond acceptors (Lipinski definition) is 3. The number of hydrogen-bond donors (Lipinski definition) is 0. The van der Waals surface area contributed by atoms with Crippen LogP contribution in [0.3, 0.4) is 0 Å². The molecule has 0 heterocycles. The van der Waals surface area contributed by atoms with E-state index in [0.717, 1.165) is 0 Å². The van der Waals surface area contributed by atoms with E-state index in [9.17, 15) is 4.79 Å². The molecule has 3 nitrogen and oxygen atoms in total. The van der Waals surface area contributed by atoms with Gasteiger partial charge in [0.2, 0.25) is 6.08 Å². The van der Waals surface area contributed by atoms with Crippen molar-refractivity contribution in [1.29, 1.82) is 0 Å². The third kappa shape index (κ3) is 3.11. The lowest BCUT2D eigenvalue weighted by atomic mass is 10.3. The highest BCUT2D eigenvalue weighted by atomic mass is 35.5. The largest absolute Gasteiger partial charge is 0.456 e. The molecule has 2 rings (SSSR count). The van der Waals surface area contributed by atoms with Crippen molar-refractivity contribution in [2.45, 2.75) is 0 Å². The van der Waals surface area contributed by atoms with Gasteiger partial charge in [-0.2, -0.15) is 4.99 Å². The lowest BCUT2D eigenvalue weighted by molar-refractivity contribution is 0.483. The second kappa shape index (κ2) is 5.69. The molecule has 0 N–H and O–H groups in total. The first-order valence-electron chi connectivity index (χ1n) is 5.00. The van der Waals surface area contributed by atoms with Gasteiger partial charge in [-0.25, -0.2) is 4.79 Å². The molecular formula is C13H7Cl2NO2. The van der Waals surface area contributed by atoms with Crippen LogP contribution in [0.5, 0.6) is 11.5 Å². The smallest absolute Gasteiger partial charge is 0.240 e. The van der Waals surface area contributed by atoms with Crippen LogP contribution in [0.1, 0.15) is 0 Å². The minimum absolute atomic E-state index is 0.362. The topological polar surface area (TPSA) is 38.7 Å². The van der Waals surface area contributed by atoms with Gasteiger partial charge in [-0.1, -0.05) is 23.2 Å². The van der Waals surface area contributed by atoms with Crippen molar-refractivity contribution < 1.29 is 9.53 Å². The van der Waals surface area contributed by atoms with Crippen LogP contribution < -0.4 is 4.74 Å². The number of rotatable bonds is 3. The number of aliphatic imine (C=N–C) groups is 1. The van der Waals surface area contributed by atoms with E-state index in [1.807, 2.05) is 0 Å². The maximum Gasteiger partial charge on any atom is 0.240 e. The highest BCUT2D eigenvalue weighted by molar-refractivity contribution is 6.32. The fourth-order valence-corrected chi connectivity index (χ4v) is 1.66. The number of isocyanates is 1. The first-order valence-corrected chi connectivity index (χ1v) is 5.75. The first-order chi connectivity index (χ1) is 8.69. The Hall–Kier alpha value is -1.80. The molecule has 0 radical (unpaired) electrons. The molecule has 90 valence electrons. The van der Waals surface area contributed by atoms with Gasteiger partial charge in [-0.3, -0.25) is 0 Å². The molecule has 0 unspecified atom stereocenters. The molecule has 2 aromatic rings. The maximum atomic E-state index is 10.1. The molecule has 0 bridgehead atoms. The molecule has 2 aromatic carbocycles. The summed E-state index contributed by atoms with van der Waals surface area (Å²) < 4.78 is 5.57. The molecule has 0 aliphatic carbocycles. The minimum Gasteiger partial charge on any atom is -0.456 e. The van der Waals surface area contributed by atoms with Crippen LogP contribution in [-0.2, 0) is 4.79 Å². The molecule has 18 heavy (non-hydrogen) atoms. The minimum atomic E-state index is 0.362. The molecular weight excluding hydrogens is 273 g/mol. The van der Waals surface area contributed by atoms with E-state index in [2.05, 4.69) is 4.99 Å². The molecule has 0 fully saturated rings. The van der Waals surface area contributed by atoms with Crippen LogP contribution in [0.25, 0.3) is 0 Å². The fourth-order valence-electron chi connectivity index (χ4n) is 1.32. The van der Waals surface area contributed by atoms with Gasteiger partial charge in [0.25, 0.3) is 0 Å². The van der Waals surface area contributed by atoms with Gasteiger partial charge in [-0.15, -0.1) is 0 Å². The van der Waals surface area contributed by atoms with Crippen LogP contribution in [0, 0.1) is 0 Å². The lowest BCUT2D eigenvalue weighted by Gasteiger charge is -2.07. The zero-order chi connectivity index (χ0) is 13.0. The van der Waals surface area contributed by atoms with Crippen LogP contribution in [0.2, 0.25) is 10.0 Å². The molecule has 0 amide bonds. The van der Waals surface area contributed by atoms with Crippen molar-refractivity contribution in [2.75, 3.05) is 0 Å². The zero-order valence-corrected chi connectivity index (χ0v) is 10.6. The van der Waals surface area contributed by atoms with Crippen LogP contribution in [-0.4, -0.2) is 6.08 Å². The van der Waals surface area contributed by atoms with Crippen molar-refractivity contribution in [3.8, 4) is 11.5 Å². The van der Waals surface area contributed by atoms with Gasteiger partial charge >= 0.3 is 0 Å². The summed E-state index contributed by atoms with van der Waals surface area (Å²) in [5.41, 5.74) is 0.429. The number of halogens is 2. The average molecular weight is 280 g/mol. The molecule has 0 saturated carbocycles. The van der Waals surface area contributed by atoms with E-state index in [-0.39, 0.29) is 0 Å². The molecule has 0 spiro atoms. The highest BCUT2D eigenvalue weighted by Crippen LogP contribution is 2.32. The summed E-state index contributed by atoms with van der Waals surface area (Å²) in [7, 11) is 0. The second-order valence-electron chi connectivity index (χ2n) is 3.37. The van der Waals surface area contributed by atoms with Crippen molar-refractivity contribution in [1.82, 2.24) is 0 Å². The Labute approximate surface area is 114 Å². The number of carbonyl (C=O) groups excluding carboxylic acids is 1. The Bertz CT molecular complexity index is 605. The molecule has 0 aliphatic heterocycles. The Kier molecular flexibility index (Phi) is 4.00. The summed E-state index contributed by atoms with van der Waals surface area (Å²) in [6, 6.07) is 11.7. The third-order valence-electron chi connectivity index (χ3n) is 2.13. The Morgan fingerprint density at radius 1 is 1.06 bits per heavy atom. The van der Waals surface area contributed by atoms with E-state index in [0.29, 0.717) is 27.2 Å². The summed E-state index contributed by atoms with van der Waals surface area (Å²) in [6.07, 6.45) is 1.45. The second-order valence-corrected chi connectivity index (χ2v) is 4.22. The van der Waals surface area contributed by atoms with E-state index >= 15 is 0 Å². The maximum absolute atomic E-state index is 10.1.